The summed E-state index contributed by atoms with van der Waals surface area (Å²) in [6, 6.07) is 0.213. The Labute approximate surface area is 67.0 Å². The molecule has 0 aromatic heterocycles. The second-order valence-corrected chi connectivity index (χ2v) is 2.71. The molecule has 1 unspecified atom stereocenters. The minimum absolute atomic E-state index is 0.149. The third-order valence-electron chi connectivity index (χ3n) is 2.02. The van der Waals surface area contributed by atoms with Gasteiger partial charge in [0.2, 0.25) is 5.91 Å². The first-order chi connectivity index (χ1) is 5.27. The Hall–Kier alpha value is -1.01. The van der Waals surface area contributed by atoms with Gasteiger partial charge >= 0.3 is 0 Å². The van der Waals surface area contributed by atoms with Gasteiger partial charge in [-0.1, -0.05) is 13.5 Å². The number of amides is 1. The van der Waals surface area contributed by atoms with E-state index in [1.165, 1.54) is 0 Å². The van der Waals surface area contributed by atoms with Crippen molar-refractivity contribution in [2.75, 3.05) is 0 Å². The molecule has 1 aliphatic heterocycles. The van der Waals surface area contributed by atoms with Gasteiger partial charge in [-0.2, -0.15) is 0 Å². The third kappa shape index (κ3) is 1.72. The topological polar surface area (TPSA) is 29.1 Å². The monoisotopic (exact) mass is 151 g/mol. The van der Waals surface area contributed by atoms with Crippen molar-refractivity contribution in [3.05, 3.63) is 17.9 Å². The van der Waals surface area contributed by atoms with Gasteiger partial charge < -0.3 is 5.32 Å². The van der Waals surface area contributed by atoms with Gasteiger partial charge in [0.15, 0.2) is 0 Å². The summed E-state index contributed by atoms with van der Waals surface area (Å²) in [4.78, 5) is 10.8. The van der Waals surface area contributed by atoms with Crippen LogP contribution in [0, 0.1) is 0 Å². The van der Waals surface area contributed by atoms with Crippen LogP contribution in [0.2, 0.25) is 0 Å². The first-order valence-corrected chi connectivity index (χ1v) is 3.96. The quantitative estimate of drug-likeness (QED) is 0.594. The zero-order valence-electron chi connectivity index (χ0n) is 6.81. The summed E-state index contributed by atoms with van der Waals surface area (Å²) in [5.74, 6) is 0.149. The van der Waals surface area contributed by atoms with Crippen molar-refractivity contribution in [1.29, 1.82) is 0 Å². The second kappa shape index (κ2) is 3.40. The zero-order valence-corrected chi connectivity index (χ0v) is 6.81. The van der Waals surface area contributed by atoms with E-state index in [4.69, 9.17) is 0 Å². The van der Waals surface area contributed by atoms with E-state index in [1.807, 2.05) is 0 Å². The molecule has 2 heteroatoms. The lowest BCUT2D eigenvalue weighted by atomic mass is 10.0. The summed E-state index contributed by atoms with van der Waals surface area (Å²) in [5.41, 5.74) is 3.99. The van der Waals surface area contributed by atoms with Crippen LogP contribution in [0.25, 0.3) is 0 Å². The van der Waals surface area contributed by atoms with Gasteiger partial charge in [-0.05, 0) is 18.4 Å². The van der Waals surface area contributed by atoms with E-state index in [2.05, 4.69) is 24.6 Å². The minimum Gasteiger partial charge on any atom is -0.349 e. The molecular formula is C9H13NO. The Morgan fingerprint density at radius 2 is 2.64 bits per heavy atom. The SMILES string of the molecule is C=C=C(CC)C1CCC(=O)N1. The summed E-state index contributed by atoms with van der Waals surface area (Å²) in [6.07, 6.45) is 2.48. The number of carbonyl (C=O) groups is 1. The molecule has 2 nitrogen and oxygen atoms in total. The average molecular weight is 151 g/mol. The van der Waals surface area contributed by atoms with Crippen molar-refractivity contribution >= 4 is 5.91 Å². The maximum absolute atomic E-state index is 10.8. The van der Waals surface area contributed by atoms with Gasteiger partial charge in [0.25, 0.3) is 0 Å². The fourth-order valence-corrected chi connectivity index (χ4v) is 1.37. The van der Waals surface area contributed by atoms with Gasteiger partial charge in [0.1, 0.15) is 0 Å². The van der Waals surface area contributed by atoms with Gasteiger partial charge in [0.05, 0.1) is 6.04 Å². The van der Waals surface area contributed by atoms with Crippen LogP contribution in [0.3, 0.4) is 0 Å². The van der Waals surface area contributed by atoms with Gasteiger partial charge in [-0.15, -0.1) is 5.73 Å². The molecule has 1 N–H and O–H groups in total. The van der Waals surface area contributed by atoms with Crippen LogP contribution in [0.15, 0.2) is 17.9 Å². The van der Waals surface area contributed by atoms with E-state index in [9.17, 15) is 4.79 Å². The number of carbonyl (C=O) groups excluding carboxylic acids is 1. The maximum atomic E-state index is 10.8. The molecule has 0 saturated carbocycles. The lowest BCUT2D eigenvalue weighted by Gasteiger charge is -2.09. The van der Waals surface area contributed by atoms with E-state index < -0.39 is 0 Å². The molecule has 0 aromatic carbocycles. The van der Waals surface area contributed by atoms with Crippen molar-refractivity contribution in [1.82, 2.24) is 5.32 Å². The first kappa shape index (κ1) is 8.09. The fraction of sp³-hybridized carbons (Fsp3) is 0.556. The molecule has 1 saturated heterocycles. The smallest absolute Gasteiger partial charge is 0.220 e. The Morgan fingerprint density at radius 1 is 1.91 bits per heavy atom. The first-order valence-electron chi connectivity index (χ1n) is 3.96. The van der Waals surface area contributed by atoms with Crippen molar-refractivity contribution in [3.8, 4) is 0 Å². The number of rotatable bonds is 2. The summed E-state index contributed by atoms with van der Waals surface area (Å²) in [7, 11) is 0. The van der Waals surface area contributed by atoms with Crippen LogP contribution in [-0.4, -0.2) is 11.9 Å². The molecule has 1 atom stereocenters. The minimum atomic E-state index is 0.149. The Morgan fingerprint density at radius 3 is 3.00 bits per heavy atom. The van der Waals surface area contributed by atoms with Crippen molar-refractivity contribution in [2.24, 2.45) is 0 Å². The van der Waals surface area contributed by atoms with Crippen molar-refractivity contribution < 1.29 is 4.79 Å². The maximum Gasteiger partial charge on any atom is 0.220 e. The molecule has 60 valence electrons. The summed E-state index contributed by atoms with van der Waals surface area (Å²) >= 11 is 0. The van der Waals surface area contributed by atoms with Crippen LogP contribution in [-0.2, 0) is 4.79 Å². The predicted molar refractivity (Wildman–Crippen MR) is 44.1 cm³/mol. The predicted octanol–water partition coefficient (Wildman–Crippen LogP) is 1.39. The molecule has 1 amide bonds. The molecule has 0 aliphatic carbocycles. The van der Waals surface area contributed by atoms with Crippen LogP contribution < -0.4 is 5.32 Å². The van der Waals surface area contributed by atoms with Gasteiger partial charge in [0, 0.05) is 6.42 Å². The zero-order chi connectivity index (χ0) is 8.27. The van der Waals surface area contributed by atoms with Crippen LogP contribution in [0.1, 0.15) is 26.2 Å². The van der Waals surface area contributed by atoms with E-state index in [1.54, 1.807) is 0 Å². The summed E-state index contributed by atoms with van der Waals surface area (Å²) < 4.78 is 0. The van der Waals surface area contributed by atoms with Crippen LogP contribution in [0.4, 0.5) is 0 Å². The lowest BCUT2D eigenvalue weighted by Crippen LogP contribution is -2.26. The standard InChI is InChI=1S/C9H13NO/c1-3-7(4-2)8-5-6-9(11)10-8/h8H,1,4-6H2,2H3,(H,10,11). The molecule has 0 radical (unpaired) electrons. The van der Waals surface area contributed by atoms with E-state index in [-0.39, 0.29) is 11.9 Å². The highest BCUT2D eigenvalue weighted by molar-refractivity contribution is 5.79. The Bertz CT molecular complexity index is 214. The number of nitrogens with one attached hydrogen (secondary N) is 1. The average Bonchev–Trinajstić information content (AvgIpc) is 2.39. The number of hydrogen-bond acceptors (Lipinski definition) is 1. The molecule has 0 aromatic rings. The Balaban J connectivity index is 2.62. The Kier molecular flexibility index (Phi) is 2.50. The molecular weight excluding hydrogens is 138 g/mol. The molecule has 0 bridgehead atoms. The molecule has 11 heavy (non-hydrogen) atoms. The largest absolute Gasteiger partial charge is 0.349 e. The molecule has 1 fully saturated rings. The normalized spacial score (nSPS) is 22.6. The highest BCUT2D eigenvalue weighted by atomic mass is 16.1. The fourth-order valence-electron chi connectivity index (χ4n) is 1.37. The second-order valence-electron chi connectivity index (χ2n) is 2.71. The van der Waals surface area contributed by atoms with Gasteiger partial charge in [-0.3, -0.25) is 4.79 Å². The van der Waals surface area contributed by atoms with E-state index in [0.717, 1.165) is 18.4 Å². The van der Waals surface area contributed by atoms with Crippen LogP contribution in [0.5, 0.6) is 0 Å². The summed E-state index contributed by atoms with van der Waals surface area (Å²) in [5, 5.41) is 2.88. The molecule has 1 rings (SSSR count). The van der Waals surface area contributed by atoms with E-state index >= 15 is 0 Å². The molecule has 0 spiro atoms. The van der Waals surface area contributed by atoms with Crippen LogP contribution >= 0.6 is 0 Å². The van der Waals surface area contributed by atoms with Gasteiger partial charge in [-0.25, -0.2) is 0 Å². The molecule has 1 heterocycles. The lowest BCUT2D eigenvalue weighted by molar-refractivity contribution is -0.119. The highest BCUT2D eigenvalue weighted by Crippen LogP contribution is 2.16. The van der Waals surface area contributed by atoms with Crippen molar-refractivity contribution in [2.45, 2.75) is 32.2 Å². The van der Waals surface area contributed by atoms with Crippen molar-refractivity contribution in [3.63, 3.8) is 0 Å². The highest BCUT2D eigenvalue weighted by Gasteiger charge is 2.22. The molecule has 1 aliphatic rings. The third-order valence-corrected chi connectivity index (χ3v) is 2.02. The summed E-state index contributed by atoms with van der Waals surface area (Å²) in [6.45, 7) is 5.64. The number of hydrogen-bond donors (Lipinski definition) is 1. The van der Waals surface area contributed by atoms with E-state index in [0.29, 0.717) is 6.42 Å².